The Morgan fingerprint density at radius 2 is 1.84 bits per heavy atom. The van der Waals surface area contributed by atoms with Crippen molar-refractivity contribution in [3.8, 4) is 16.9 Å². The van der Waals surface area contributed by atoms with Gasteiger partial charge in [0, 0.05) is 15.4 Å². The Kier molecular flexibility index (Phi) is 7.91. The number of aryl methyl sites for hydroxylation is 2. The zero-order valence-corrected chi connectivity index (χ0v) is 21.2. The van der Waals surface area contributed by atoms with Crippen LogP contribution in [-0.2, 0) is 9.53 Å². The number of anilines is 1. The molecule has 0 bridgehead atoms. The normalized spacial score (nSPS) is 10.6. The highest BCUT2D eigenvalue weighted by Crippen LogP contribution is 2.38. The van der Waals surface area contributed by atoms with Gasteiger partial charge in [-0.25, -0.2) is 4.79 Å². The molecule has 0 unspecified atom stereocenters. The van der Waals surface area contributed by atoms with Gasteiger partial charge in [-0.15, -0.1) is 11.3 Å². The van der Waals surface area contributed by atoms with Gasteiger partial charge in [0.15, 0.2) is 6.61 Å². The molecule has 162 valence electrons. The van der Waals surface area contributed by atoms with Crippen molar-refractivity contribution >= 4 is 60.1 Å². The van der Waals surface area contributed by atoms with Crippen LogP contribution >= 0.6 is 43.2 Å². The number of thiophene rings is 1. The van der Waals surface area contributed by atoms with Gasteiger partial charge in [-0.1, -0.05) is 39.7 Å². The molecule has 1 aromatic heterocycles. The lowest BCUT2D eigenvalue weighted by Gasteiger charge is -2.11. The second-order valence-electron chi connectivity index (χ2n) is 6.80. The van der Waals surface area contributed by atoms with Crippen LogP contribution < -0.4 is 10.1 Å². The van der Waals surface area contributed by atoms with Crippen LogP contribution in [0, 0.1) is 13.8 Å². The highest BCUT2D eigenvalue weighted by Gasteiger charge is 2.23. The van der Waals surface area contributed by atoms with Gasteiger partial charge >= 0.3 is 5.97 Å². The summed E-state index contributed by atoms with van der Waals surface area (Å²) in [6.07, 6.45) is 0. The van der Waals surface area contributed by atoms with Gasteiger partial charge in [-0.05, 0) is 66.0 Å². The molecule has 3 aromatic rings. The van der Waals surface area contributed by atoms with Crippen molar-refractivity contribution in [2.24, 2.45) is 0 Å². The molecule has 0 aliphatic carbocycles. The molecular formula is C23H21Br2NO4S. The Hall–Kier alpha value is -2.16. The van der Waals surface area contributed by atoms with Crippen molar-refractivity contribution in [2.75, 3.05) is 18.5 Å². The molecule has 0 aliphatic heterocycles. The lowest BCUT2D eigenvalue weighted by molar-refractivity contribution is -0.118. The van der Waals surface area contributed by atoms with E-state index in [-0.39, 0.29) is 19.1 Å². The summed E-state index contributed by atoms with van der Waals surface area (Å²) in [7, 11) is 0. The summed E-state index contributed by atoms with van der Waals surface area (Å²) < 4.78 is 12.5. The Balaban J connectivity index is 1.84. The number of nitrogens with one attached hydrogen (secondary N) is 1. The summed E-state index contributed by atoms with van der Waals surface area (Å²) in [6, 6.07) is 11.5. The number of benzene rings is 2. The lowest BCUT2D eigenvalue weighted by Crippen LogP contribution is -2.21. The van der Waals surface area contributed by atoms with E-state index in [2.05, 4.69) is 43.2 Å². The van der Waals surface area contributed by atoms with Crippen LogP contribution in [0.4, 0.5) is 5.00 Å². The molecule has 31 heavy (non-hydrogen) atoms. The minimum absolute atomic E-state index is 0.195. The fraction of sp³-hybridized carbons (Fsp3) is 0.217. The molecule has 3 rings (SSSR count). The van der Waals surface area contributed by atoms with Crippen LogP contribution in [0.15, 0.2) is 50.7 Å². The molecule has 1 amide bonds. The summed E-state index contributed by atoms with van der Waals surface area (Å²) in [6.45, 7) is 5.82. The van der Waals surface area contributed by atoms with Crippen LogP contribution in [0.1, 0.15) is 28.4 Å². The van der Waals surface area contributed by atoms with Crippen LogP contribution in [0.2, 0.25) is 0 Å². The number of rotatable bonds is 7. The first-order valence-electron chi connectivity index (χ1n) is 9.54. The molecule has 0 saturated heterocycles. The monoisotopic (exact) mass is 565 g/mol. The first kappa shape index (κ1) is 23.5. The van der Waals surface area contributed by atoms with Crippen LogP contribution in [-0.4, -0.2) is 25.1 Å². The number of hydrogen-bond donors (Lipinski definition) is 1. The van der Waals surface area contributed by atoms with Gasteiger partial charge in [0.05, 0.1) is 11.1 Å². The molecule has 1 heterocycles. The Labute approximate surface area is 202 Å². The standard InChI is InChI=1S/C23H21Br2NO4S/c1-4-29-23(28)21-17(16-7-5-13(2)9-14(16)3)12-31-22(21)26-20(27)11-30-19-8-6-15(24)10-18(19)25/h5-10,12H,4,11H2,1-3H3,(H,26,27). The van der Waals surface area contributed by atoms with Gasteiger partial charge in [-0.3, -0.25) is 4.79 Å². The maximum atomic E-state index is 12.7. The summed E-state index contributed by atoms with van der Waals surface area (Å²) >= 11 is 8.07. The predicted octanol–water partition coefficient (Wildman–Crippen LogP) is 6.75. The molecule has 1 N–H and O–H groups in total. The van der Waals surface area contributed by atoms with E-state index in [1.165, 1.54) is 11.3 Å². The van der Waals surface area contributed by atoms with E-state index in [1.807, 2.05) is 43.5 Å². The van der Waals surface area contributed by atoms with Gasteiger partial charge in [0.1, 0.15) is 16.3 Å². The number of carbonyl (C=O) groups excluding carboxylic acids is 2. The third-order valence-electron chi connectivity index (χ3n) is 4.45. The highest BCUT2D eigenvalue weighted by molar-refractivity contribution is 9.11. The summed E-state index contributed by atoms with van der Waals surface area (Å²) in [4.78, 5) is 25.3. The molecule has 0 spiro atoms. The summed E-state index contributed by atoms with van der Waals surface area (Å²) in [5, 5.41) is 5.11. The second kappa shape index (κ2) is 10.4. The summed E-state index contributed by atoms with van der Waals surface area (Å²) in [5.74, 6) is -0.286. The molecule has 0 radical (unpaired) electrons. The maximum absolute atomic E-state index is 12.7. The van der Waals surface area contributed by atoms with Gasteiger partial charge in [-0.2, -0.15) is 0 Å². The molecule has 5 nitrogen and oxygen atoms in total. The van der Waals surface area contributed by atoms with E-state index in [9.17, 15) is 9.59 Å². The van der Waals surface area contributed by atoms with Gasteiger partial charge < -0.3 is 14.8 Å². The molecular weight excluding hydrogens is 546 g/mol. The summed E-state index contributed by atoms with van der Waals surface area (Å²) in [5.41, 5.74) is 4.22. The third kappa shape index (κ3) is 5.75. The minimum Gasteiger partial charge on any atom is -0.483 e. The average molecular weight is 567 g/mol. The topological polar surface area (TPSA) is 64.6 Å². The maximum Gasteiger partial charge on any atom is 0.341 e. The Morgan fingerprint density at radius 3 is 2.52 bits per heavy atom. The molecule has 0 atom stereocenters. The zero-order valence-electron chi connectivity index (χ0n) is 17.3. The quantitative estimate of drug-likeness (QED) is 0.321. The van der Waals surface area contributed by atoms with Crippen molar-refractivity contribution in [2.45, 2.75) is 20.8 Å². The number of ether oxygens (including phenoxy) is 2. The highest BCUT2D eigenvalue weighted by atomic mass is 79.9. The fourth-order valence-electron chi connectivity index (χ4n) is 3.07. The van der Waals surface area contributed by atoms with E-state index in [1.54, 1.807) is 13.0 Å². The first-order chi connectivity index (χ1) is 14.8. The molecule has 2 aromatic carbocycles. The predicted molar refractivity (Wildman–Crippen MR) is 131 cm³/mol. The molecule has 0 saturated carbocycles. The van der Waals surface area contributed by atoms with Crippen LogP contribution in [0.5, 0.6) is 5.75 Å². The van der Waals surface area contributed by atoms with Gasteiger partial charge in [0.25, 0.3) is 5.91 Å². The minimum atomic E-state index is -0.467. The van der Waals surface area contributed by atoms with Gasteiger partial charge in [0.2, 0.25) is 0 Å². The number of halogens is 2. The van der Waals surface area contributed by atoms with E-state index < -0.39 is 5.97 Å². The fourth-order valence-corrected chi connectivity index (χ4v) is 5.19. The SMILES string of the molecule is CCOC(=O)c1c(-c2ccc(C)cc2C)csc1NC(=O)COc1ccc(Br)cc1Br. The Bertz CT molecular complexity index is 1130. The number of amides is 1. The van der Waals surface area contributed by atoms with Crippen molar-refractivity contribution in [3.05, 3.63) is 67.4 Å². The lowest BCUT2D eigenvalue weighted by atomic mass is 9.97. The smallest absolute Gasteiger partial charge is 0.341 e. The van der Waals surface area contributed by atoms with Crippen molar-refractivity contribution in [1.82, 2.24) is 0 Å². The van der Waals surface area contributed by atoms with Crippen LogP contribution in [0.25, 0.3) is 11.1 Å². The van der Waals surface area contributed by atoms with E-state index in [4.69, 9.17) is 9.47 Å². The van der Waals surface area contributed by atoms with E-state index in [0.29, 0.717) is 16.3 Å². The third-order valence-corrected chi connectivity index (χ3v) is 6.46. The number of hydrogen-bond acceptors (Lipinski definition) is 5. The number of carbonyl (C=O) groups is 2. The largest absolute Gasteiger partial charge is 0.483 e. The molecule has 0 fully saturated rings. The number of esters is 1. The van der Waals surface area contributed by atoms with Crippen molar-refractivity contribution < 1.29 is 19.1 Å². The van der Waals surface area contributed by atoms with Crippen molar-refractivity contribution in [1.29, 1.82) is 0 Å². The van der Waals surface area contributed by atoms with E-state index >= 15 is 0 Å². The average Bonchev–Trinajstić information content (AvgIpc) is 3.10. The molecule has 0 aliphatic rings. The first-order valence-corrected chi connectivity index (χ1v) is 12.0. The van der Waals surface area contributed by atoms with Crippen LogP contribution in [0.3, 0.4) is 0 Å². The second-order valence-corrected chi connectivity index (χ2v) is 9.45. The Morgan fingerprint density at radius 1 is 1.06 bits per heavy atom. The molecule has 8 heteroatoms. The zero-order chi connectivity index (χ0) is 22.5. The van der Waals surface area contributed by atoms with E-state index in [0.717, 1.165) is 31.2 Å². The van der Waals surface area contributed by atoms with Crippen molar-refractivity contribution in [3.63, 3.8) is 0 Å².